The highest BCUT2D eigenvalue weighted by molar-refractivity contribution is 5.18. The van der Waals surface area contributed by atoms with Gasteiger partial charge in [-0.05, 0) is 50.9 Å². The highest BCUT2D eigenvalue weighted by Crippen LogP contribution is 2.50. The minimum atomic E-state index is -0.168. The van der Waals surface area contributed by atoms with Crippen LogP contribution in [-0.2, 0) is 0 Å². The highest BCUT2D eigenvalue weighted by Gasteiger charge is 2.51. The lowest BCUT2D eigenvalue weighted by Gasteiger charge is -2.34. The van der Waals surface area contributed by atoms with Crippen LogP contribution in [0.2, 0.25) is 0 Å². The molecule has 0 amide bonds. The third-order valence-electron chi connectivity index (χ3n) is 4.16. The van der Waals surface area contributed by atoms with Crippen molar-refractivity contribution >= 4 is 0 Å². The van der Waals surface area contributed by atoms with E-state index in [1.807, 2.05) is 0 Å². The molecule has 14 heavy (non-hydrogen) atoms. The van der Waals surface area contributed by atoms with Gasteiger partial charge in [0, 0.05) is 6.04 Å². The Hall–Kier alpha value is -0.550. The van der Waals surface area contributed by atoms with Crippen LogP contribution in [0.1, 0.15) is 46.0 Å². The lowest BCUT2D eigenvalue weighted by Crippen LogP contribution is -2.51. The zero-order valence-corrected chi connectivity index (χ0v) is 9.21. The molecule has 2 saturated carbocycles. The van der Waals surface area contributed by atoms with Crippen LogP contribution in [0, 0.1) is 23.2 Å². The molecule has 4 atom stereocenters. The SMILES string of the molecule is CCC(C)NC1(C#N)CC2CCC1C2. The van der Waals surface area contributed by atoms with Gasteiger partial charge in [-0.25, -0.2) is 0 Å². The van der Waals surface area contributed by atoms with Gasteiger partial charge in [0.1, 0.15) is 5.54 Å². The van der Waals surface area contributed by atoms with E-state index in [0.29, 0.717) is 12.0 Å². The van der Waals surface area contributed by atoms with E-state index in [4.69, 9.17) is 0 Å². The second-order valence-electron chi connectivity index (χ2n) is 5.12. The van der Waals surface area contributed by atoms with E-state index in [-0.39, 0.29) is 5.54 Å². The zero-order valence-electron chi connectivity index (χ0n) is 9.21. The van der Waals surface area contributed by atoms with E-state index in [9.17, 15) is 5.26 Å². The van der Waals surface area contributed by atoms with Crippen LogP contribution < -0.4 is 5.32 Å². The van der Waals surface area contributed by atoms with Crippen molar-refractivity contribution in [2.45, 2.75) is 57.5 Å². The number of hydrogen-bond acceptors (Lipinski definition) is 2. The van der Waals surface area contributed by atoms with Crippen molar-refractivity contribution < 1.29 is 0 Å². The first-order valence-corrected chi connectivity index (χ1v) is 5.89. The first-order valence-electron chi connectivity index (χ1n) is 5.89. The van der Waals surface area contributed by atoms with Gasteiger partial charge < -0.3 is 0 Å². The van der Waals surface area contributed by atoms with Gasteiger partial charge in [0.25, 0.3) is 0 Å². The number of hydrogen-bond donors (Lipinski definition) is 1. The van der Waals surface area contributed by atoms with Gasteiger partial charge in [0.05, 0.1) is 6.07 Å². The summed E-state index contributed by atoms with van der Waals surface area (Å²) < 4.78 is 0. The lowest BCUT2D eigenvalue weighted by atomic mass is 9.81. The van der Waals surface area contributed by atoms with Crippen molar-refractivity contribution in [3.63, 3.8) is 0 Å². The second kappa shape index (κ2) is 3.55. The fraction of sp³-hybridized carbons (Fsp3) is 0.917. The maximum absolute atomic E-state index is 9.37. The molecule has 0 heterocycles. The summed E-state index contributed by atoms with van der Waals surface area (Å²) in [5.74, 6) is 1.46. The molecule has 0 aromatic carbocycles. The smallest absolute Gasteiger partial charge is 0.110 e. The number of nitrogens with zero attached hydrogens (tertiary/aromatic N) is 1. The van der Waals surface area contributed by atoms with Crippen molar-refractivity contribution in [1.82, 2.24) is 5.32 Å². The van der Waals surface area contributed by atoms with Gasteiger partial charge in [-0.1, -0.05) is 6.92 Å². The molecular weight excluding hydrogens is 172 g/mol. The Morgan fingerprint density at radius 1 is 1.57 bits per heavy atom. The molecule has 2 heteroatoms. The van der Waals surface area contributed by atoms with Gasteiger partial charge >= 0.3 is 0 Å². The van der Waals surface area contributed by atoms with Crippen molar-refractivity contribution in [3.8, 4) is 6.07 Å². The van der Waals surface area contributed by atoms with Crippen LogP contribution in [0.4, 0.5) is 0 Å². The summed E-state index contributed by atoms with van der Waals surface area (Å²) in [5.41, 5.74) is -0.168. The fourth-order valence-corrected chi connectivity index (χ4v) is 3.22. The van der Waals surface area contributed by atoms with Crippen molar-refractivity contribution in [3.05, 3.63) is 0 Å². The Labute approximate surface area is 86.7 Å². The minimum Gasteiger partial charge on any atom is -0.297 e. The molecule has 2 rings (SSSR count). The largest absolute Gasteiger partial charge is 0.297 e. The predicted molar refractivity (Wildman–Crippen MR) is 56.7 cm³/mol. The molecular formula is C12H20N2. The Morgan fingerprint density at radius 2 is 2.36 bits per heavy atom. The molecule has 0 spiro atoms. The van der Waals surface area contributed by atoms with Gasteiger partial charge in [0.15, 0.2) is 0 Å². The summed E-state index contributed by atoms with van der Waals surface area (Å²) in [4.78, 5) is 0. The molecule has 78 valence electrons. The Morgan fingerprint density at radius 3 is 2.79 bits per heavy atom. The molecule has 2 bridgehead atoms. The fourth-order valence-electron chi connectivity index (χ4n) is 3.22. The molecule has 2 nitrogen and oxygen atoms in total. The average Bonchev–Trinajstić information content (AvgIpc) is 2.77. The summed E-state index contributed by atoms with van der Waals surface area (Å²) >= 11 is 0. The van der Waals surface area contributed by atoms with Crippen molar-refractivity contribution in [1.29, 1.82) is 5.26 Å². The van der Waals surface area contributed by atoms with Crippen LogP contribution in [-0.4, -0.2) is 11.6 Å². The number of fused-ring (bicyclic) bond motifs is 2. The third kappa shape index (κ3) is 1.44. The zero-order chi connectivity index (χ0) is 10.2. The predicted octanol–water partition coefficient (Wildman–Crippen LogP) is 2.46. The molecule has 0 aliphatic heterocycles. The molecule has 0 aromatic rings. The lowest BCUT2D eigenvalue weighted by molar-refractivity contribution is 0.250. The van der Waals surface area contributed by atoms with E-state index < -0.39 is 0 Å². The van der Waals surface area contributed by atoms with E-state index in [1.54, 1.807) is 0 Å². The monoisotopic (exact) mass is 192 g/mol. The first kappa shape index (κ1) is 9.98. The molecule has 0 aromatic heterocycles. The third-order valence-corrected chi connectivity index (χ3v) is 4.16. The molecule has 2 aliphatic rings. The number of nitrogens with one attached hydrogen (secondary N) is 1. The first-order chi connectivity index (χ1) is 6.70. The summed E-state index contributed by atoms with van der Waals surface area (Å²) in [5, 5.41) is 12.9. The molecule has 1 N–H and O–H groups in total. The van der Waals surface area contributed by atoms with Crippen LogP contribution in [0.3, 0.4) is 0 Å². The van der Waals surface area contributed by atoms with Crippen molar-refractivity contribution in [2.75, 3.05) is 0 Å². The van der Waals surface area contributed by atoms with Crippen LogP contribution in [0.25, 0.3) is 0 Å². The Balaban J connectivity index is 2.08. The molecule has 2 aliphatic carbocycles. The van der Waals surface area contributed by atoms with E-state index in [0.717, 1.165) is 18.8 Å². The summed E-state index contributed by atoms with van der Waals surface area (Å²) in [6, 6.07) is 3.04. The topological polar surface area (TPSA) is 35.8 Å². The minimum absolute atomic E-state index is 0.168. The standard InChI is InChI=1S/C12H20N2/c1-3-9(2)14-12(8-13)7-10-4-5-11(12)6-10/h9-11,14H,3-7H2,1-2H3. The molecule has 2 fully saturated rings. The quantitative estimate of drug-likeness (QED) is 0.745. The summed E-state index contributed by atoms with van der Waals surface area (Å²) in [7, 11) is 0. The normalized spacial score (nSPS) is 42.4. The summed E-state index contributed by atoms with van der Waals surface area (Å²) in [6.45, 7) is 4.36. The Bertz CT molecular complexity index is 256. The Kier molecular flexibility index (Phi) is 2.53. The van der Waals surface area contributed by atoms with E-state index >= 15 is 0 Å². The second-order valence-corrected chi connectivity index (χ2v) is 5.12. The van der Waals surface area contributed by atoms with Crippen LogP contribution in [0.15, 0.2) is 0 Å². The number of nitriles is 1. The molecule has 0 saturated heterocycles. The van der Waals surface area contributed by atoms with Gasteiger partial charge in [-0.3, -0.25) is 5.32 Å². The maximum atomic E-state index is 9.37. The number of rotatable bonds is 3. The van der Waals surface area contributed by atoms with Gasteiger partial charge in [-0.15, -0.1) is 0 Å². The van der Waals surface area contributed by atoms with Gasteiger partial charge in [0.2, 0.25) is 0 Å². The van der Waals surface area contributed by atoms with E-state index in [1.165, 1.54) is 19.3 Å². The maximum Gasteiger partial charge on any atom is 0.110 e. The van der Waals surface area contributed by atoms with Crippen LogP contribution in [0.5, 0.6) is 0 Å². The average molecular weight is 192 g/mol. The van der Waals surface area contributed by atoms with Crippen molar-refractivity contribution in [2.24, 2.45) is 11.8 Å². The molecule has 4 unspecified atom stereocenters. The van der Waals surface area contributed by atoms with E-state index in [2.05, 4.69) is 25.2 Å². The van der Waals surface area contributed by atoms with Gasteiger partial charge in [-0.2, -0.15) is 5.26 Å². The highest BCUT2D eigenvalue weighted by atomic mass is 15.0. The summed E-state index contributed by atoms with van der Waals surface area (Å²) in [6.07, 6.45) is 6.12. The molecule has 0 radical (unpaired) electrons. The van der Waals surface area contributed by atoms with Crippen LogP contribution >= 0.6 is 0 Å².